The first-order valence-electron chi connectivity index (χ1n) is 6.93. The molecule has 1 unspecified atom stereocenters. The molecular weight excluding hydrogens is 220 g/mol. The summed E-state index contributed by atoms with van der Waals surface area (Å²) in [4.78, 5) is 2.37. The number of hydrogen-bond acceptors (Lipinski definition) is 2. The van der Waals surface area contributed by atoms with Crippen molar-refractivity contribution in [3.63, 3.8) is 0 Å². The first-order valence-corrected chi connectivity index (χ1v) is 6.93. The Hall–Kier alpha value is -1.02. The van der Waals surface area contributed by atoms with Crippen molar-refractivity contribution in [1.82, 2.24) is 5.32 Å². The molecule has 0 aliphatic heterocycles. The molecule has 0 heterocycles. The first kappa shape index (κ1) is 15.0. The van der Waals surface area contributed by atoms with Crippen LogP contribution in [-0.2, 0) is 0 Å². The molecule has 1 aromatic carbocycles. The van der Waals surface area contributed by atoms with Crippen LogP contribution in [0.25, 0.3) is 0 Å². The maximum Gasteiger partial charge on any atom is 0.0363 e. The van der Waals surface area contributed by atoms with Gasteiger partial charge in [-0.2, -0.15) is 0 Å². The Kier molecular flexibility index (Phi) is 5.67. The molecule has 0 saturated heterocycles. The van der Waals surface area contributed by atoms with E-state index in [0.717, 1.165) is 13.1 Å². The first-order chi connectivity index (χ1) is 8.50. The molecule has 1 atom stereocenters. The number of aryl methyl sites for hydroxylation is 1. The molecule has 0 fully saturated rings. The third kappa shape index (κ3) is 4.34. The summed E-state index contributed by atoms with van der Waals surface area (Å²) in [5.41, 5.74) is 2.96. The van der Waals surface area contributed by atoms with Crippen molar-refractivity contribution in [2.75, 3.05) is 32.1 Å². The zero-order chi connectivity index (χ0) is 13.6. The van der Waals surface area contributed by atoms with Gasteiger partial charge in [0.25, 0.3) is 0 Å². The van der Waals surface area contributed by atoms with Crippen molar-refractivity contribution in [3.05, 3.63) is 29.8 Å². The van der Waals surface area contributed by atoms with Crippen LogP contribution in [0.1, 0.15) is 32.3 Å². The molecule has 0 aliphatic carbocycles. The second-order valence-electron chi connectivity index (χ2n) is 5.78. The van der Waals surface area contributed by atoms with Gasteiger partial charge in [0.05, 0.1) is 0 Å². The van der Waals surface area contributed by atoms with Gasteiger partial charge in [0.1, 0.15) is 0 Å². The van der Waals surface area contributed by atoms with Gasteiger partial charge in [0, 0.05) is 25.8 Å². The lowest BCUT2D eigenvalue weighted by Gasteiger charge is -2.34. The van der Waals surface area contributed by atoms with E-state index in [1.807, 2.05) is 7.05 Å². The van der Waals surface area contributed by atoms with Gasteiger partial charge in [-0.3, -0.25) is 0 Å². The van der Waals surface area contributed by atoms with Crippen LogP contribution in [0.5, 0.6) is 0 Å². The molecule has 0 bridgehead atoms. The summed E-state index contributed by atoms with van der Waals surface area (Å²) in [6.45, 7) is 8.92. The third-order valence-corrected chi connectivity index (χ3v) is 3.55. The lowest BCUT2D eigenvalue weighted by atomic mass is 9.85. The fourth-order valence-electron chi connectivity index (χ4n) is 2.72. The van der Waals surface area contributed by atoms with Crippen molar-refractivity contribution in [3.8, 4) is 0 Å². The third-order valence-electron chi connectivity index (χ3n) is 3.55. The Morgan fingerprint density at radius 1 is 1.22 bits per heavy atom. The molecule has 1 N–H and O–H groups in total. The van der Waals surface area contributed by atoms with E-state index in [4.69, 9.17) is 0 Å². The van der Waals surface area contributed by atoms with Crippen molar-refractivity contribution < 1.29 is 0 Å². The minimum Gasteiger partial charge on any atom is -0.374 e. The zero-order valence-corrected chi connectivity index (χ0v) is 12.6. The smallest absolute Gasteiger partial charge is 0.0363 e. The van der Waals surface area contributed by atoms with Crippen LogP contribution in [0, 0.1) is 12.3 Å². The Bertz CT molecular complexity index is 337. The van der Waals surface area contributed by atoms with Crippen LogP contribution in [0.4, 0.5) is 5.69 Å². The Morgan fingerprint density at radius 3 is 2.33 bits per heavy atom. The van der Waals surface area contributed by atoms with Gasteiger partial charge in [-0.25, -0.2) is 0 Å². The van der Waals surface area contributed by atoms with Crippen LogP contribution >= 0.6 is 0 Å². The maximum absolute atomic E-state index is 3.33. The van der Waals surface area contributed by atoms with Gasteiger partial charge in [-0.1, -0.05) is 38.0 Å². The average molecular weight is 248 g/mol. The monoisotopic (exact) mass is 248 g/mol. The van der Waals surface area contributed by atoms with Crippen LogP contribution in [0.2, 0.25) is 0 Å². The Balaban J connectivity index is 2.71. The highest BCUT2D eigenvalue weighted by Crippen LogP contribution is 2.26. The molecule has 1 aromatic rings. The van der Waals surface area contributed by atoms with Crippen LogP contribution in [0.15, 0.2) is 24.3 Å². The summed E-state index contributed by atoms with van der Waals surface area (Å²) in [6, 6.07) is 8.78. The Labute approximate surface area is 112 Å². The average Bonchev–Trinajstić information content (AvgIpc) is 2.30. The molecule has 0 aromatic heterocycles. The molecule has 18 heavy (non-hydrogen) atoms. The molecular formula is C16H28N2. The second-order valence-corrected chi connectivity index (χ2v) is 5.78. The second kappa shape index (κ2) is 6.79. The number of nitrogens with zero attached hydrogens (tertiary/aromatic N) is 1. The number of benzene rings is 1. The molecule has 1 rings (SSSR count). The van der Waals surface area contributed by atoms with Gasteiger partial charge < -0.3 is 10.2 Å². The number of nitrogens with one attached hydrogen (secondary N) is 1. The number of rotatable bonds is 7. The van der Waals surface area contributed by atoms with E-state index >= 15 is 0 Å². The van der Waals surface area contributed by atoms with Crippen LogP contribution in [0.3, 0.4) is 0 Å². The lowest BCUT2D eigenvalue weighted by molar-refractivity contribution is 0.292. The molecule has 2 nitrogen and oxygen atoms in total. The summed E-state index contributed by atoms with van der Waals surface area (Å²) >= 11 is 0. The molecule has 0 radical (unpaired) electrons. The molecule has 0 spiro atoms. The standard InChI is InChI=1S/C16H28N2/c1-6-11-16(3,12-17-4)13-18(5)15-9-7-14(2)8-10-15/h7-10,17H,6,11-13H2,1-5H3. The van der Waals surface area contributed by atoms with E-state index in [9.17, 15) is 0 Å². The largest absolute Gasteiger partial charge is 0.374 e. The summed E-state index contributed by atoms with van der Waals surface area (Å²) in [5.74, 6) is 0. The predicted molar refractivity (Wildman–Crippen MR) is 81.4 cm³/mol. The normalized spacial score (nSPS) is 14.3. The van der Waals surface area contributed by atoms with Gasteiger partial charge in [0.2, 0.25) is 0 Å². The van der Waals surface area contributed by atoms with E-state index in [0.29, 0.717) is 5.41 Å². The fraction of sp³-hybridized carbons (Fsp3) is 0.625. The zero-order valence-electron chi connectivity index (χ0n) is 12.6. The van der Waals surface area contributed by atoms with Crippen molar-refractivity contribution >= 4 is 5.69 Å². The van der Waals surface area contributed by atoms with Crippen LogP contribution in [-0.4, -0.2) is 27.2 Å². The minimum absolute atomic E-state index is 0.336. The van der Waals surface area contributed by atoms with Gasteiger partial charge in [-0.15, -0.1) is 0 Å². The maximum atomic E-state index is 3.33. The van der Waals surface area contributed by atoms with E-state index in [1.54, 1.807) is 0 Å². The van der Waals surface area contributed by atoms with E-state index in [2.05, 4.69) is 62.3 Å². The van der Waals surface area contributed by atoms with Crippen molar-refractivity contribution in [1.29, 1.82) is 0 Å². The van der Waals surface area contributed by atoms with Crippen molar-refractivity contribution in [2.45, 2.75) is 33.6 Å². The fourth-order valence-corrected chi connectivity index (χ4v) is 2.72. The SMILES string of the molecule is CCCC(C)(CNC)CN(C)c1ccc(C)cc1. The molecule has 102 valence electrons. The lowest BCUT2D eigenvalue weighted by Crippen LogP contribution is -2.40. The quantitative estimate of drug-likeness (QED) is 0.795. The molecule has 2 heteroatoms. The summed E-state index contributed by atoms with van der Waals surface area (Å²) < 4.78 is 0. The molecule has 0 amide bonds. The van der Waals surface area contributed by atoms with E-state index in [1.165, 1.54) is 24.1 Å². The summed E-state index contributed by atoms with van der Waals surface area (Å²) in [6.07, 6.45) is 2.49. The highest BCUT2D eigenvalue weighted by molar-refractivity contribution is 5.46. The van der Waals surface area contributed by atoms with Gasteiger partial charge >= 0.3 is 0 Å². The molecule has 0 aliphatic rings. The highest BCUT2D eigenvalue weighted by Gasteiger charge is 2.24. The van der Waals surface area contributed by atoms with Gasteiger partial charge in [-0.05, 0) is 37.9 Å². The topological polar surface area (TPSA) is 15.3 Å². The number of hydrogen-bond donors (Lipinski definition) is 1. The van der Waals surface area contributed by atoms with E-state index in [-0.39, 0.29) is 0 Å². The summed E-state index contributed by atoms with van der Waals surface area (Å²) in [5, 5.41) is 3.33. The summed E-state index contributed by atoms with van der Waals surface area (Å²) in [7, 11) is 4.23. The minimum atomic E-state index is 0.336. The highest BCUT2D eigenvalue weighted by atomic mass is 15.1. The predicted octanol–water partition coefficient (Wildman–Crippen LogP) is 3.46. The van der Waals surface area contributed by atoms with Crippen LogP contribution < -0.4 is 10.2 Å². The number of anilines is 1. The van der Waals surface area contributed by atoms with Crippen molar-refractivity contribution in [2.24, 2.45) is 5.41 Å². The van der Waals surface area contributed by atoms with E-state index < -0.39 is 0 Å². The molecule has 0 saturated carbocycles. The Morgan fingerprint density at radius 2 is 1.83 bits per heavy atom. The van der Waals surface area contributed by atoms with Gasteiger partial charge in [0.15, 0.2) is 0 Å².